The molecule has 0 saturated carbocycles. The topological polar surface area (TPSA) is 132 Å². The molecule has 3 heterocycles. The highest BCUT2D eigenvalue weighted by Gasteiger charge is 2.34. The largest absolute Gasteiger partial charge is 0.493 e. The first-order chi connectivity index (χ1) is 22.8. The molecule has 3 amide bonds. The monoisotopic (exact) mass is 639 g/mol. The fourth-order valence-electron chi connectivity index (χ4n) is 5.99. The van der Waals surface area contributed by atoms with Crippen LogP contribution >= 0.6 is 0 Å². The summed E-state index contributed by atoms with van der Waals surface area (Å²) in [6.07, 6.45) is 1.93. The summed E-state index contributed by atoms with van der Waals surface area (Å²) in [7, 11) is 1.53. The van der Waals surface area contributed by atoms with Crippen LogP contribution in [0.5, 0.6) is 17.2 Å². The Balaban J connectivity index is 1.26. The zero-order valence-electron chi connectivity index (χ0n) is 26.4. The number of methoxy groups -OCH3 is 1. The van der Waals surface area contributed by atoms with Crippen LogP contribution in [0.3, 0.4) is 0 Å². The molecule has 0 unspecified atom stereocenters. The maximum atomic E-state index is 13.6. The number of likely N-dealkylation sites (tertiary alicyclic amines) is 1. The molecule has 1 N–H and O–H groups in total. The van der Waals surface area contributed by atoms with Crippen molar-refractivity contribution in [3.8, 4) is 17.2 Å². The first kappa shape index (κ1) is 31.7. The molecule has 0 spiro atoms. The van der Waals surface area contributed by atoms with Gasteiger partial charge in [0.05, 0.1) is 49.6 Å². The quantitative estimate of drug-likeness (QED) is 0.352. The highest BCUT2D eigenvalue weighted by Crippen LogP contribution is 2.33. The summed E-state index contributed by atoms with van der Waals surface area (Å²) in [5.41, 5.74) is 1.47. The van der Waals surface area contributed by atoms with Crippen LogP contribution in [0.1, 0.15) is 35.7 Å². The number of para-hydroxylation sites is 1. The number of piperidine rings is 1. The summed E-state index contributed by atoms with van der Waals surface area (Å²) in [5.74, 6) is 0.480. The molecule has 4 aromatic rings. The van der Waals surface area contributed by atoms with Crippen LogP contribution in [-0.2, 0) is 27.5 Å². The first-order valence-electron chi connectivity index (χ1n) is 15.7. The Morgan fingerprint density at radius 2 is 1.91 bits per heavy atom. The molecule has 0 aliphatic carbocycles. The Bertz CT molecular complexity index is 1860. The molecular formula is C35H37N5O7. The molecule has 4 bridgehead atoms. The van der Waals surface area contributed by atoms with E-state index in [0.717, 1.165) is 5.56 Å². The minimum absolute atomic E-state index is 0.141. The van der Waals surface area contributed by atoms with E-state index >= 15 is 0 Å². The number of rotatable bonds is 5. The summed E-state index contributed by atoms with van der Waals surface area (Å²) in [5, 5.41) is 3.52. The lowest BCUT2D eigenvalue weighted by atomic mass is 10.0. The molecule has 6 rings (SSSR count). The maximum Gasteiger partial charge on any atom is 0.261 e. The van der Waals surface area contributed by atoms with Crippen molar-refractivity contribution in [3.63, 3.8) is 0 Å². The Morgan fingerprint density at radius 1 is 1.06 bits per heavy atom. The second kappa shape index (κ2) is 14.0. The molecule has 12 heteroatoms. The normalized spacial score (nSPS) is 18.7. The summed E-state index contributed by atoms with van der Waals surface area (Å²) in [4.78, 5) is 61.0. The molecule has 47 heavy (non-hydrogen) atoms. The molecule has 3 aromatic carbocycles. The first-order valence-corrected chi connectivity index (χ1v) is 15.7. The van der Waals surface area contributed by atoms with Gasteiger partial charge in [0.15, 0.2) is 11.5 Å². The van der Waals surface area contributed by atoms with Crippen LogP contribution in [0, 0.1) is 0 Å². The van der Waals surface area contributed by atoms with Crippen LogP contribution in [-0.4, -0.2) is 82.5 Å². The van der Waals surface area contributed by atoms with Crippen molar-refractivity contribution >= 4 is 28.6 Å². The summed E-state index contributed by atoms with van der Waals surface area (Å²) in [6.45, 7) is 2.77. The number of amides is 3. The Morgan fingerprint density at radius 3 is 2.74 bits per heavy atom. The van der Waals surface area contributed by atoms with Crippen LogP contribution in [0.4, 0.5) is 0 Å². The molecule has 2 aliphatic heterocycles. The lowest BCUT2D eigenvalue weighted by Gasteiger charge is -2.39. The lowest BCUT2D eigenvalue weighted by molar-refractivity contribution is -0.138. The lowest BCUT2D eigenvalue weighted by Crippen LogP contribution is -2.58. The van der Waals surface area contributed by atoms with Gasteiger partial charge >= 0.3 is 0 Å². The molecule has 1 fully saturated rings. The van der Waals surface area contributed by atoms with Crippen LogP contribution < -0.4 is 20.3 Å². The number of nitrogens with zero attached hydrogens (tertiary/aromatic N) is 4. The van der Waals surface area contributed by atoms with Gasteiger partial charge in [0, 0.05) is 25.2 Å². The van der Waals surface area contributed by atoms with Gasteiger partial charge in [-0.25, -0.2) is 4.98 Å². The van der Waals surface area contributed by atoms with E-state index in [2.05, 4.69) is 10.3 Å². The van der Waals surface area contributed by atoms with Gasteiger partial charge in [0.2, 0.25) is 11.8 Å². The van der Waals surface area contributed by atoms with E-state index in [1.54, 1.807) is 53.4 Å². The van der Waals surface area contributed by atoms with E-state index < -0.39 is 12.1 Å². The van der Waals surface area contributed by atoms with Crippen LogP contribution in [0.2, 0.25) is 0 Å². The van der Waals surface area contributed by atoms with Gasteiger partial charge in [-0.2, -0.15) is 0 Å². The Hall–Kier alpha value is -5.23. The van der Waals surface area contributed by atoms with Crippen LogP contribution in [0.15, 0.2) is 77.9 Å². The molecule has 2 atom stereocenters. The fraction of sp³-hybridized carbons (Fsp3) is 0.343. The number of hydrogen-bond donors (Lipinski definition) is 1. The SMILES string of the molecule is CCCN1CC(=O)N[C@H]2CCN(C(=O)Cn3cnc4ccccc4c3=O)C[C@@H]2OCc2cccc(c2)Oc2cc(ccc2OC)C1=O. The second-order valence-electron chi connectivity index (χ2n) is 11.7. The zero-order chi connectivity index (χ0) is 32.9. The average molecular weight is 640 g/mol. The minimum Gasteiger partial charge on any atom is -0.493 e. The predicted molar refractivity (Wildman–Crippen MR) is 173 cm³/mol. The Labute approximate surface area is 271 Å². The number of benzene rings is 3. The maximum absolute atomic E-state index is 13.6. The van der Waals surface area contributed by atoms with Gasteiger partial charge < -0.3 is 29.3 Å². The average Bonchev–Trinajstić information content (AvgIpc) is 3.08. The van der Waals surface area contributed by atoms with E-state index in [1.807, 2.05) is 25.1 Å². The van der Waals surface area contributed by atoms with E-state index in [4.69, 9.17) is 14.2 Å². The number of nitrogens with one attached hydrogen (secondary N) is 1. The number of ether oxygens (including phenoxy) is 3. The van der Waals surface area contributed by atoms with Crippen molar-refractivity contribution in [2.24, 2.45) is 0 Å². The second-order valence-corrected chi connectivity index (χ2v) is 11.7. The highest BCUT2D eigenvalue weighted by molar-refractivity contribution is 5.97. The molecule has 1 saturated heterocycles. The third-order valence-electron chi connectivity index (χ3n) is 8.41. The van der Waals surface area contributed by atoms with Crippen molar-refractivity contribution < 1.29 is 28.6 Å². The van der Waals surface area contributed by atoms with Gasteiger partial charge in [-0.05, 0) is 60.9 Å². The molecule has 12 nitrogen and oxygen atoms in total. The number of hydrogen-bond acceptors (Lipinski definition) is 8. The van der Waals surface area contributed by atoms with Gasteiger partial charge in [0.25, 0.3) is 11.5 Å². The van der Waals surface area contributed by atoms with Crippen molar-refractivity contribution in [2.45, 2.75) is 45.1 Å². The third-order valence-corrected chi connectivity index (χ3v) is 8.41. The summed E-state index contributed by atoms with van der Waals surface area (Å²) in [6, 6.07) is 18.9. The molecule has 2 aliphatic rings. The van der Waals surface area contributed by atoms with E-state index in [-0.39, 0.29) is 49.5 Å². The van der Waals surface area contributed by atoms with Gasteiger partial charge in [-0.15, -0.1) is 0 Å². The Kier molecular flexibility index (Phi) is 9.48. The van der Waals surface area contributed by atoms with Crippen LogP contribution in [0.25, 0.3) is 10.9 Å². The molecule has 0 radical (unpaired) electrons. The predicted octanol–water partition coefficient (Wildman–Crippen LogP) is 3.37. The third kappa shape index (κ3) is 7.12. The van der Waals surface area contributed by atoms with Gasteiger partial charge in [-0.1, -0.05) is 31.2 Å². The van der Waals surface area contributed by atoms with Crippen molar-refractivity contribution in [1.82, 2.24) is 24.7 Å². The summed E-state index contributed by atoms with van der Waals surface area (Å²) < 4.78 is 19.4. The minimum atomic E-state index is -0.552. The van der Waals surface area contributed by atoms with E-state index in [9.17, 15) is 19.2 Å². The van der Waals surface area contributed by atoms with Crippen molar-refractivity contribution in [1.29, 1.82) is 0 Å². The number of carbonyl (C=O) groups excluding carboxylic acids is 3. The standard InChI is InChI=1S/C35H37N5O7/c1-3-14-39-19-32(41)37-28-13-15-38(33(42)20-40-22-36-27-10-5-4-9-26(27)35(40)44)18-31(28)46-21-23-7-6-8-25(16-23)47-30-17-24(34(39)43)11-12-29(30)45-2/h4-12,16-17,22,28,31H,3,13-15,18-21H2,1-2H3,(H,37,41)/t28-,31-/m0/s1. The summed E-state index contributed by atoms with van der Waals surface area (Å²) >= 11 is 0. The number of fused-ring (bicyclic) bond motifs is 6. The molecular weight excluding hydrogens is 602 g/mol. The van der Waals surface area contributed by atoms with E-state index in [0.29, 0.717) is 59.6 Å². The highest BCUT2D eigenvalue weighted by atomic mass is 16.5. The fourth-order valence-corrected chi connectivity index (χ4v) is 5.99. The van der Waals surface area contributed by atoms with Crippen molar-refractivity contribution in [3.05, 3.63) is 94.5 Å². The van der Waals surface area contributed by atoms with Gasteiger partial charge in [-0.3, -0.25) is 23.7 Å². The molecule has 1 aromatic heterocycles. The van der Waals surface area contributed by atoms with E-state index in [1.165, 1.54) is 22.9 Å². The smallest absolute Gasteiger partial charge is 0.261 e. The van der Waals surface area contributed by atoms with Gasteiger partial charge in [0.1, 0.15) is 12.3 Å². The zero-order valence-corrected chi connectivity index (χ0v) is 26.4. The number of aromatic nitrogens is 2. The van der Waals surface area contributed by atoms with Crippen molar-refractivity contribution in [2.75, 3.05) is 33.3 Å². The molecule has 244 valence electrons. The number of carbonyl (C=O) groups is 3.